The van der Waals surface area contributed by atoms with Crippen molar-refractivity contribution < 1.29 is 23.7 Å². The molecule has 200 valence electrons. The predicted octanol–water partition coefficient (Wildman–Crippen LogP) is 5.18. The van der Waals surface area contributed by atoms with Crippen molar-refractivity contribution in [2.75, 3.05) is 32.9 Å². The fourth-order valence-electron chi connectivity index (χ4n) is 4.61. The average molecular weight is 512 g/mol. The molecule has 0 amide bonds. The largest absolute Gasteiger partial charge is 0.439 e. The molecule has 3 aromatic rings. The van der Waals surface area contributed by atoms with E-state index < -0.39 is 6.10 Å². The van der Waals surface area contributed by atoms with Crippen LogP contribution in [-0.2, 0) is 23.1 Å². The van der Waals surface area contributed by atoms with E-state index in [0.29, 0.717) is 37.9 Å². The maximum Gasteiger partial charge on any atom is 0.222 e. The van der Waals surface area contributed by atoms with Gasteiger partial charge in [-0.05, 0) is 31.4 Å². The van der Waals surface area contributed by atoms with Crippen LogP contribution < -0.4 is 4.74 Å². The molecule has 1 N–H and O–H groups in total. The normalized spacial score (nSPS) is 16.4. The van der Waals surface area contributed by atoms with Crippen molar-refractivity contribution in [1.29, 1.82) is 0 Å². The first kappa shape index (κ1) is 27.3. The van der Waals surface area contributed by atoms with Gasteiger partial charge in [-0.25, -0.2) is 9.07 Å². The van der Waals surface area contributed by atoms with Crippen LogP contribution in [0.15, 0.2) is 54.6 Å². The number of rotatable bonds is 14. The van der Waals surface area contributed by atoms with E-state index in [1.165, 1.54) is 12.1 Å². The molecule has 1 aliphatic heterocycles. The molecule has 2 aromatic carbocycles. The van der Waals surface area contributed by atoms with Crippen LogP contribution in [0.1, 0.15) is 38.2 Å². The van der Waals surface area contributed by atoms with Crippen LogP contribution in [0.5, 0.6) is 11.6 Å². The van der Waals surface area contributed by atoms with Gasteiger partial charge in [-0.15, -0.1) is 0 Å². The van der Waals surface area contributed by atoms with Crippen molar-refractivity contribution in [3.8, 4) is 22.9 Å². The molecule has 1 saturated heterocycles. The first-order chi connectivity index (χ1) is 18.0. The smallest absolute Gasteiger partial charge is 0.222 e. The van der Waals surface area contributed by atoms with Gasteiger partial charge in [0.2, 0.25) is 5.88 Å². The first-order valence-corrected chi connectivity index (χ1v) is 13.2. The van der Waals surface area contributed by atoms with E-state index in [1.54, 1.807) is 16.8 Å². The third-order valence-corrected chi connectivity index (χ3v) is 6.43. The van der Waals surface area contributed by atoms with Crippen molar-refractivity contribution >= 4 is 0 Å². The van der Waals surface area contributed by atoms with E-state index in [0.717, 1.165) is 49.1 Å². The highest BCUT2D eigenvalue weighted by molar-refractivity contribution is 5.65. The van der Waals surface area contributed by atoms with Gasteiger partial charge in [0.25, 0.3) is 0 Å². The summed E-state index contributed by atoms with van der Waals surface area (Å²) >= 11 is 0. The van der Waals surface area contributed by atoms with Gasteiger partial charge in [-0.2, -0.15) is 5.10 Å². The highest BCUT2D eigenvalue weighted by atomic mass is 19.1. The first-order valence-electron chi connectivity index (χ1n) is 13.2. The number of unbranched alkanes of at least 4 members (excludes halogenated alkanes) is 1. The van der Waals surface area contributed by atoms with Crippen LogP contribution >= 0.6 is 0 Å². The van der Waals surface area contributed by atoms with E-state index in [-0.39, 0.29) is 18.5 Å². The van der Waals surface area contributed by atoms with E-state index in [9.17, 15) is 9.50 Å². The van der Waals surface area contributed by atoms with Crippen LogP contribution in [0.4, 0.5) is 4.39 Å². The summed E-state index contributed by atoms with van der Waals surface area (Å²) in [4.78, 5) is 2.19. The fourth-order valence-corrected chi connectivity index (χ4v) is 4.61. The third-order valence-electron chi connectivity index (χ3n) is 6.43. The quantitative estimate of drug-likeness (QED) is 0.301. The van der Waals surface area contributed by atoms with Gasteiger partial charge >= 0.3 is 0 Å². The molecule has 0 aliphatic carbocycles. The second kappa shape index (κ2) is 13.7. The summed E-state index contributed by atoms with van der Waals surface area (Å²) in [5, 5.41) is 15.6. The van der Waals surface area contributed by atoms with E-state index in [2.05, 4.69) is 11.8 Å². The Bertz CT molecular complexity index is 1100. The van der Waals surface area contributed by atoms with Crippen molar-refractivity contribution in [2.24, 2.45) is 7.05 Å². The lowest BCUT2D eigenvalue weighted by Gasteiger charge is -2.28. The van der Waals surface area contributed by atoms with Gasteiger partial charge in [0, 0.05) is 51.5 Å². The monoisotopic (exact) mass is 511 g/mol. The number of aliphatic hydroxyl groups is 1. The number of ether oxygens (including phenoxy) is 3. The Hall–Kier alpha value is -2.78. The third kappa shape index (κ3) is 7.85. The minimum absolute atomic E-state index is 0.109. The van der Waals surface area contributed by atoms with Crippen LogP contribution in [0, 0.1) is 5.82 Å². The molecule has 0 bridgehead atoms. The Balaban J connectivity index is 1.62. The van der Waals surface area contributed by atoms with Crippen LogP contribution in [0.3, 0.4) is 0 Å². The van der Waals surface area contributed by atoms with Gasteiger partial charge in [0.05, 0.1) is 24.4 Å². The zero-order valence-electron chi connectivity index (χ0n) is 21.8. The number of aromatic nitrogens is 2. The molecular weight excluding hydrogens is 473 g/mol. The Labute approximate surface area is 218 Å². The summed E-state index contributed by atoms with van der Waals surface area (Å²) < 4.78 is 33.4. The Morgan fingerprint density at radius 1 is 1.22 bits per heavy atom. The number of nitrogens with zero attached hydrogens (tertiary/aromatic N) is 3. The summed E-state index contributed by atoms with van der Waals surface area (Å²) in [5.74, 6) is 0.574. The zero-order chi connectivity index (χ0) is 26.0. The molecule has 8 heteroatoms. The number of hydrogen-bond donors (Lipinski definition) is 1. The molecule has 0 saturated carbocycles. The molecule has 2 heterocycles. The summed E-state index contributed by atoms with van der Waals surface area (Å²) in [6.07, 6.45) is 3.53. The van der Waals surface area contributed by atoms with Crippen molar-refractivity contribution in [1.82, 2.24) is 14.7 Å². The Morgan fingerprint density at radius 3 is 2.78 bits per heavy atom. The Morgan fingerprint density at radius 2 is 2.05 bits per heavy atom. The Kier molecular flexibility index (Phi) is 10.1. The number of halogens is 1. The number of benzene rings is 2. The average Bonchev–Trinajstić information content (AvgIpc) is 3.51. The molecule has 2 atom stereocenters. The van der Waals surface area contributed by atoms with Gasteiger partial charge in [0.1, 0.15) is 17.3 Å². The van der Waals surface area contributed by atoms with Gasteiger partial charge in [0.15, 0.2) is 0 Å². The van der Waals surface area contributed by atoms with E-state index in [1.807, 2.05) is 37.4 Å². The molecule has 0 spiro atoms. The van der Waals surface area contributed by atoms with Gasteiger partial charge in [-0.1, -0.05) is 49.7 Å². The second-order valence-corrected chi connectivity index (χ2v) is 9.59. The van der Waals surface area contributed by atoms with Crippen molar-refractivity contribution in [3.05, 3.63) is 66.0 Å². The molecule has 4 rings (SSSR count). The SMILES string of the molecule is CCCCOC[C@H](O)CN(Cc1c(-c2ccccc2)nn(C)c1Oc1cccc(F)c1)C[C@@H]1CCCO1. The molecule has 7 nitrogen and oxygen atoms in total. The maximum atomic E-state index is 13.9. The topological polar surface area (TPSA) is 69.0 Å². The number of aryl methyl sites for hydroxylation is 1. The van der Waals surface area contributed by atoms with E-state index >= 15 is 0 Å². The zero-order valence-corrected chi connectivity index (χ0v) is 21.8. The second-order valence-electron chi connectivity index (χ2n) is 9.59. The molecule has 0 unspecified atom stereocenters. The van der Waals surface area contributed by atoms with Crippen LogP contribution in [0.2, 0.25) is 0 Å². The molecule has 37 heavy (non-hydrogen) atoms. The predicted molar refractivity (Wildman–Crippen MR) is 141 cm³/mol. The molecule has 0 radical (unpaired) electrons. The minimum Gasteiger partial charge on any atom is -0.439 e. The summed E-state index contributed by atoms with van der Waals surface area (Å²) in [6, 6.07) is 16.0. The van der Waals surface area contributed by atoms with E-state index in [4.69, 9.17) is 19.3 Å². The summed E-state index contributed by atoms with van der Waals surface area (Å²) in [7, 11) is 1.82. The molecule has 1 fully saturated rings. The highest BCUT2D eigenvalue weighted by Crippen LogP contribution is 2.34. The van der Waals surface area contributed by atoms with Gasteiger partial charge < -0.3 is 19.3 Å². The highest BCUT2D eigenvalue weighted by Gasteiger charge is 2.26. The van der Waals surface area contributed by atoms with Gasteiger partial charge in [-0.3, -0.25) is 4.90 Å². The lowest BCUT2D eigenvalue weighted by atomic mass is 10.1. The molecule has 1 aromatic heterocycles. The summed E-state index contributed by atoms with van der Waals surface area (Å²) in [6.45, 7) is 5.39. The van der Waals surface area contributed by atoms with Crippen molar-refractivity contribution in [2.45, 2.75) is 51.4 Å². The lowest BCUT2D eigenvalue weighted by molar-refractivity contribution is 0.00144. The standard InChI is InChI=1S/C29H38FN3O4/c1-3-4-15-35-21-24(34)18-33(19-26-14-9-16-36-26)20-27-28(22-10-6-5-7-11-22)31-32(2)29(27)37-25-13-8-12-23(30)17-25/h5-8,10-13,17,24,26,34H,3-4,9,14-16,18-21H2,1-2H3/t24-,26+/m1/s1. The van der Waals surface area contributed by atoms with Crippen molar-refractivity contribution in [3.63, 3.8) is 0 Å². The number of aliphatic hydroxyl groups excluding tert-OH is 1. The lowest BCUT2D eigenvalue weighted by Crippen LogP contribution is -2.39. The van der Waals surface area contributed by atoms with Crippen LogP contribution in [-0.4, -0.2) is 64.9 Å². The minimum atomic E-state index is -0.636. The molecule has 1 aliphatic rings. The van der Waals surface area contributed by atoms with Crippen LogP contribution in [0.25, 0.3) is 11.3 Å². The molecular formula is C29H38FN3O4. The fraction of sp³-hybridized carbons (Fsp3) is 0.483. The number of hydrogen-bond acceptors (Lipinski definition) is 6. The summed E-state index contributed by atoms with van der Waals surface area (Å²) in [5.41, 5.74) is 2.62. The maximum absolute atomic E-state index is 13.9.